The molecule has 0 saturated heterocycles. The van der Waals surface area contributed by atoms with E-state index < -0.39 is 0 Å². The second-order valence-electron chi connectivity index (χ2n) is 6.94. The van der Waals surface area contributed by atoms with Crippen LogP contribution in [0.5, 0.6) is 5.88 Å². The average Bonchev–Trinajstić information content (AvgIpc) is 3.26. The molecule has 3 aromatic rings. The number of benzene rings is 1. The zero-order valence-corrected chi connectivity index (χ0v) is 18.3. The molecule has 0 unspecified atom stereocenters. The number of aliphatic imine (C=N–C) groups is 1. The number of H-pyrrole nitrogens is 1. The molecule has 2 heterocycles. The van der Waals surface area contributed by atoms with Gasteiger partial charge in [0.2, 0.25) is 5.88 Å². The molecule has 0 fully saturated rings. The summed E-state index contributed by atoms with van der Waals surface area (Å²) in [5.74, 6) is 2.24. The predicted molar refractivity (Wildman–Crippen MR) is 122 cm³/mol. The molecule has 0 spiro atoms. The molecule has 0 aliphatic heterocycles. The Balaban J connectivity index is 1.67. The number of methoxy groups -OCH3 is 1. The van der Waals surface area contributed by atoms with Gasteiger partial charge in [0, 0.05) is 32.5 Å². The largest absolute Gasteiger partial charge is 0.475 e. The minimum atomic E-state index is 0.451. The van der Waals surface area contributed by atoms with Gasteiger partial charge in [-0.3, -0.25) is 0 Å². The number of hydrogen-bond donors (Lipinski definition) is 2. The van der Waals surface area contributed by atoms with Crippen LogP contribution in [0.1, 0.15) is 18.3 Å². The summed E-state index contributed by atoms with van der Waals surface area (Å²) in [5, 5.41) is 3.34. The van der Waals surface area contributed by atoms with Crippen LogP contribution < -0.4 is 10.1 Å². The van der Waals surface area contributed by atoms with Crippen molar-refractivity contribution >= 4 is 5.96 Å². The van der Waals surface area contributed by atoms with Gasteiger partial charge in [0.05, 0.1) is 31.6 Å². The maximum absolute atomic E-state index is 5.72. The standard InChI is InChI=1S/C23H30N6O2/c1-4-24-23(27-15-19-11-8-12-25-22(19)31-14-13-30-3)29(2)17-21-26-16-20(28-21)18-9-6-5-7-10-18/h5-12,16H,4,13-15,17H2,1-3H3,(H,24,27)(H,26,28). The Kier molecular flexibility index (Phi) is 8.42. The highest BCUT2D eigenvalue weighted by atomic mass is 16.5. The maximum Gasteiger partial charge on any atom is 0.218 e. The molecule has 0 radical (unpaired) electrons. The van der Waals surface area contributed by atoms with E-state index in [0.29, 0.717) is 32.2 Å². The van der Waals surface area contributed by atoms with Crippen LogP contribution in [0.4, 0.5) is 0 Å². The SMILES string of the molecule is CCNC(=NCc1cccnc1OCCOC)N(C)Cc1ncc(-c2ccccc2)[nH]1. The smallest absolute Gasteiger partial charge is 0.218 e. The number of ether oxygens (including phenoxy) is 2. The fourth-order valence-electron chi connectivity index (χ4n) is 3.03. The van der Waals surface area contributed by atoms with Crippen molar-refractivity contribution in [2.24, 2.45) is 4.99 Å². The number of pyridine rings is 1. The molecule has 1 aromatic carbocycles. The first-order chi connectivity index (χ1) is 15.2. The van der Waals surface area contributed by atoms with Gasteiger partial charge in [-0.2, -0.15) is 0 Å². The monoisotopic (exact) mass is 422 g/mol. The topological polar surface area (TPSA) is 87.7 Å². The number of imidazole rings is 1. The summed E-state index contributed by atoms with van der Waals surface area (Å²) in [6.45, 7) is 4.83. The fraction of sp³-hybridized carbons (Fsp3) is 0.348. The van der Waals surface area contributed by atoms with Gasteiger partial charge < -0.3 is 24.7 Å². The minimum absolute atomic E-state index is 0.451. The highest BCUT2D eigenvalue weighted by Gasteiger charge is 2.11. The molecule has 2 aromatic heterocycles. The predicted octanol–water partition coefficient (Wildman–Crippen LogP) is 3.09. The number of hydrogen-bond acceptors (Lipinski definition) is 5. The van der Waals surface area contributed by atoms with E-state index in [1.165, 1.54) is 0 Å². The highest BCUT2D eigenvalue weighted by molar-refractivity contribution is 5.79. The van der Waals surface area contributed by atoms with E-state index in [1.807, 2.05) is 55.4 Å². The molecule has 0 saturated carbocycles. The van der Waals surface area contributed by atoms with Gasteiger partial charge in [-0.15, -0.1) is 0 Å². The third-order valence-corrected chi connectivity index (χ3v) is 4.57. The molecule has 3 rings (SSSR count). The normalized spacial score (nSPS) is 11.4. The van der Waals surface area contributed by atoms with Crippen LogP contribution in [0.2, 0.25) is 0 Å². The molecule has 0 amide bonds. The van der Waals surface area contributed by atoms with Crippen molar-refractivity contribution in [1.29, 1.82) is 0 Å². The van der Waals surface area contributed by atoms with Crippen LogP contribution in [0.3, 0.4) is 0 Å². The van der Waals surface area contributed by atoms with Gasteiger partial charge in [0.15, 0.2) is 5.96 Å². The van der Waals surface area contributed by atoms with Crippen molar-refractivity contribution in [2.45, 2.75) is 20.0 Å². The Labute approximate surface area is 183 Å². The number of guanidine groups is 1. The Morgan fingerprint density at radius 2 is 1.97 bits per heavy atom. The average molecular weight is 423 g/mol. The van der Waals surface area contributed by atoms with Crippen LogP contribution in [0.25, 0.3) is 11.3 Å². The van der Waals surface area contributed by atoms with Crippen LogP contribution >= 0.6 is 0 Å². The van der Waals surface area contributed by atoms with Crippen molar-refractivity contribution in [3.05, 3.63) is 66.2 Å². The van der Waals surface area contributed by atoms with Crippen molar-refractivity contribution < 1.29 is 9.47 Å². The van der Waals surface area contributed by atoms with E-state index in [-0.39, 0.29) is 0 Å². The maximum atomic E-state index is 5.72. The number of nitrogens with zero attached hydrogens (tertiary/aromatic N) is 4. The molecule has 31 heavy (non-hydrogen) atoms. The summed E-state index contributed by atoms with van der Waals surface area (Å²) in [4.78, 5) is 19.1. The molecule has 164 valence electrons. The van der Waals surface area contributed by atoms with Crippen molar-refractivity contribution in [1.82, 2.24) is 25.2 Å². The number of nitrogens with one attached hydrogen (secondary N) is 2. The zero-order valence-electron chi connectivity index (χ0n) is 18.3. The summed E-state index contributed by atoms with van der Waals surface area (Å²) in [7, 11) is 3.64. The van der Waals surface area contributed by atoms with E-state index in [4.69, 9.17) is 14.5 Å². The van der Waals surface area contributed by atoms with Gasteiger partial charge in [-0.1, -0.05) is 36.4 Å². The molecule has 8 heteroatoms. The second-order valence-corrected chi connectivity index (χ2v) is 6.94. The van der Waals surface area contributed by atoms with E-state index in [0.717, 1.165) is 35.1 Å². The number of aromatic nitrogens is 3. The van der Waals surface area contributed by atoms with E-state index >= 15 is 0 Å². The lowest BCUT2D eigenvalue weighted by Gasteiger charge is -2.21. The Hall–Kier alpha value is -3.39. The lowest BCUT2D eigenvalue weighted by atomic mass is 10.2. The minimum Gasteiger partial charge on any atom is -0.475 e. The van der Waals surface area contributed by atoms with Crippen LogP contribution in [0.15, 0.2) is 59.9 Å². The summed E-state index contributed by atoms with van der Waals surface area (Å²) >= 11 is 0. The Morgan fingerprint density at radius 1 is 1.13 bits per heavy atom. The lowest BCUT2D eigenvalue weighted by Crippen LogP contribution is -2.38. The van der Waals surface area contributed by atoms with Crippen LogP contribution in [-0.4, -0.2) is 59.7 Å². The summed E-state index contributed by atoms with van der Waals surface area (Å²) in [6, 6.07) is 14.0. The fourth-order valence-corrected chi connectivity index (χ4v) is 3.03. The molecule has 0 bridgehead atoms. The van der Waals surface area contributed by atoms with E-state index in [1.54, 1.807) is 13.3 Å². The Morgan fingerprint density at radius 3 is 2.74 bits per heavy atom. The summed E-state index contributed by atoms with van der Waals surface area (Å²) in [5.41, 5.74) is 3.04. The zero-order chi connectivity index (χ0) is 21.9. The molecule has 8 nitrogen and oxygen atoms in total. The molecule has 0 aliphatic carbocycles. The summed E-state index contributed by atoms with van der Waals surface area (Å²) < 4.78 is 10.8. The third-order valence-electron chi connectivity index (χ3n) is 4.57. The van der Waals surface area contributed by atoms with E-state index in [2.05, 4.69) is 32.4 Å². The first kappa shape index (κ1) is 22.3. The first-order valence-corrected chi connectivity index (χ1v) is 10.4. The lowest BCUT2D eigenvalue weighted by molar-refractivity contribution is 0.143. The summed E-state index contributed by atoms with van der Waals surface area (Å²) in [6.07, 6.45) is 3.58. The van der Waals surface area contributed by atoms with Gasteiger partial charge in [-0.05, 0) is 18.6 Å². The highest BCUT2D eigenvalue weighted by Crippen LogP contribution is 2.17. The number of aromatic amines is 1. The molecular weight excluding hydrogens is 392 g/mol. The van der Waals surface area contributed by atoms with Gasteiger partial charge in [0.25, 0.3) is 0 Å². The van der Waals surface area contributed by atoms with Gasteiger partial charge in [-0.25, -0.2) is 15.0 Å². The number of rotatable bonds is 10. The molecular formula is C23H30N6O2. The first-order valence-electron chi connectivity index (χ1n) is 10.4. The van der Waals surface area contributed by atoms with Gasteiger partial charge >= 0.3 is 0 Å². The van der Waals surface area contributed by atoms with Gasteiger partial charge in [0.1, 0.15) is 12.4 Å². The van der Waals surface area contributed by atoms with Crippen LogP contribution in [-0.2, 0) is 17.8 Å². The molecule has 0 aliphatic rings. The quantitative estimate of drug-likeness (QED) is 0.297. The molecule has 2 N–H and O–H groups in total. The van der Waals surface area contributed by atoms with Crippen molar-refractivity contribution in [2.75, 3.05) is 33.9 Å². The second kappa shape index (κ2) is 11.7. The van der Waals surface area contributed by atoms with E-state index in [9.17, 15) is 0 Å². The Bertz CT molecular complexity index is 957. The van der Waals surface area contributed by atoms with Crippen molar-refractivity contribution in [3.63, 3.8) is 0 Å². The van der Waals surface area contributed by atoms with Crippen molar-refractivity contribution in [3.8, 4) is 17.1 Å². The molecule has 0 atom stereocenters. The third kappa shape index (κ3) is 6.55. The van der Waals surface area contributed by atoms with Crippen LogP contribution in [0, 0.1) is 0 Å².